The van der Waals surface area contributed by atoms with Crippen molar-refractivity contribution in [2.75, 3.05) is 26.3 Å². The molecule has 0 aromatic rings. The zero-order chi connectivity index (χ0) is 17.2. The first kappa shape index (κ1) is 18.6. The molecule has 0 bridgehead atoms. The summed E-state index contributed by atoms with van der Waals surface area (Å²) in [6.45, 7) is 5.07. The van der Waals surface area contributed by atoms with E-state index in [1.807, 2.05) is 4.90 Å². The van der Waals surface area contributed by atoms with Crippen LogP contribution in [-0.2, 0) is 19.1 Å². The smallest absolute Gasteiger partial charge is 0.348 e. The maximum atomic E-state index is 12.2. The number of esters is 2. The zero-order valence-electron chi connectivity index (χ0n) is 13.6. The lowest BCUT2D eigenvalue weighted by Crippen LogP contribution is -2.35. The lowest BCUT2D eigenvalue weighted by atomic mass is 10.1. The monoisotopic (exact) mass is 321 g/mol. The Hall–Kier alpha value is -2.49. The van der Waals surface area contributed by atoms with E-state index in [2.05, 4.69) is 0 Å². The Kier molecular flexibility index (Phi) is 7.67. The van der Waals surface area contributed by atoms with Crippen LogP contribution in [0, 0.1) is 11.3 Å². The molecule has 0 amide bonds. The molecule has 0 aliphatic carbocycles. The highest BCUT2D eigenvalue weighted by atomic mass is 16.5. The zero-order valence-corrected chi connectivity index (χ0v) is 13.6. The van der Waals surface area contributed by atoms with E-state index in [1.165, 1.54) is 0 Å². The summed E-state index contributed by atoms with van der Waals surface area (Å²) < 4.78 is 9.79. The second-order valence-corrected chi connectivity index (χ2v) is 4.96. The molecule has 0 unspecified atom stereocenters. The van der Waals surface area contributed by atoms with Crippen LogP contribution in [0.1, 0.15) is 33.1 Å². The first-order valence-electron chi connectivity index (χ1n) is 7.75. The molecule has 0 atom stereocenters. The van der Waals surface area contributed by atoms with Crippen molar-refractivity contribution >= 4 is 11.9 Å². The van der Waals surface area contributed by atoms with Gasteiger partial charge in [0.05, 0.1) is 13.2 Å². The number of piperidine rings is 1. The van der Waals surface area contributed by atoms with Gasteiger partial charge >= 0.3 is 11.9 Å². The normalized spacial score (nSPS) is 16.2. The molecule has 23 heavy (non-hydrogen) atoms. The predicted molar refractivity (Wildman–Crippen MR) is 83.6 cm³/mol. The van der Waals surface area contributed by atoms with Gasteiger partial charge in [-0.2, -0.15) is 5.26 Å². The Labute approximate surface area is 136 Å². The maximum Gasteiger partial charge on any atom is 0.348 e. The van der Waals surface area contributed by atoms with E-state index in [4.69, 9.17) is 20.5 Å². The minimum Gasteiger partial charge on any atom is -0.462 e. The first-order chi connectivity index (χ1) is 11.0. The van der Waals surface area contributed by atoms with Crippen molar-refractivity contribution in [1.29, 1.82) is 5.26 Å². The highest BCUT2D eigenvalue weighted by Gasteiger charge is 2.22. The second-order valence-electron chi connectivity index (χ2n) is 4.96. The van der Waals surface area contributed by atoms with Gasteiger partial charge in [0.15, 0.2) is 0 Å². The minimum absolute atomic E-state index is 0.0124. The van der Waals surface area contributed by atoms with Crippen molar-refractivity contribution in [1.82, 2.24) is 4.90 Å². The van der Waals surface area contributed by atoms with E-state index in [-0.39, 0.29) is 30.2 Å². The maximum absolute atomic E-state index is 12.2. The quantitative estimate of drug-likeness (QED) is 0.339. The van der Waals surface area contributed by atoms with Gasteiger partial charge in [0, 0.05) is 13.1 Å². The summed E-state index contributed by atoms with van der Waals surface area (Å²) in [5.41, 5.74) is 5.83. The largest absolute Gasteiger partial charge is 0.462 e. The molecule has 0 radical (unpaired) electrons. The summed E-state index contributed by atoms with van der Waals surface area (Å²) in [7, 11) is 0. The molecule has 7 nitrogen and oxygen atoms in total. The minimum atomic E-state index is -0.789. The van der Waals surface area contributed by atoms with Crippen LogP contribution in [0.25, 0.3) is 0 Å². The fraction of sp³-hybridized carbons (Fsp3) is 0.562. The molecule has 1 rings (SSSR count). The Bertz CT molecular complexity index is 540. The van der Waals surface area contributed by atoms with Crippen LogP contribution >= 0.6 is 0 Å². The number of nitriles is 1. The van der Waals surface area contributed by atoms with Crippen molar-refractivity contribution in [3.8, 4) is 6.07 Å². The molecule has 1 heterocycles. The van der Waals surface area contributed by atoms with Gasteiger partial charge in [0.2, 0.25) is 0 Å². The molecule has 1 saturated heterocycles. The number of rotatable bonds is 6. The van der Waals surface area contributed by atoms with Crippen LogP contribution in [0.5, 0.6) is 0 Å². The Morgan fingerprint density at radius 3 is 2.22 bits per heavy atom. The van der Waals surface area contributed by atoms with Crippen LogP contribution in [-0.4, -0.2) is 43.1 Å². The molecule has 0 aromatic carbocycles. The standard InChI is InChI=1S/C16H23N3O4/c1-3-22-15(20)12(11-17)10-13(16(21)23-4-2)14(18)19-8-6-5-7-9-19/h10H,3-9,18H2,1-2H3/b12-10+,14-13-. The number of carbonyl (C=O) groups is 2. The van der Waals surface area contributed by atoms with Gasteiger partial charge in [-0.05, 0) is 39.2 Å². The van der Waals surface area contributed by atoms with Crippen LogP contribution < -0.4 is 5.73 Å². The number of nitrogens with zero attached hydrogens (tertiary/aromatic N) is 2. The van der Waals surface area contributed by atoms with Crippen molar-refractivity contribution < 1.29 is 19.1 Å². The summed E-state index contributed by atoms with van der Waals surface area (Å²) in [5, 5.41) is 9.13. The molecule has 1 aliphatic heterocycles. The molecular formula is C16H23N3O4. The van der Waals surface area contributed by atoms with Crippen molar-refractivity contribution in [3.63, 3.8) is 0 Å². The molecule has 126 valence electrons. The molecule has 2 N–H and O–H groups in total. The number of hydrogen-bond donors (Lipinski definition) is 1. The lowest BCUT2D eigenvalue weighted by Gasteiger charge is -2.29. The summed E-state index contributed by atoms with van der Waals surface area (Å²) in [4.78, 5) is 25.8. The van der Waals surface area contributed by atoms with Gasteiger partial charge in [-0.15, -0.1) is 0 Å². The van der Waals surface area contributed by atoms with E-state index >= 15 is 0 Å². The second kappa shape index (κ2) is 9.51. The first-order valence-corrected chi connectivity index (χ1v) is 7.75. The average Bonchev–Trinajstić information content (AvgIpc) is 2.56. The fourth-order valence-corrected chi connectivity index (χ4v) is 2.24. The highest BCUT2D eigenvalue weighted by molar-refractivity contribution is 5.99. The molecular weight excluding hydrogens is 298 g/mol. The van der Waals surface area contributed by atoms with Gasteiger partial charge in [0.1, 0.15) is 23.0 Å². The van der Waals surface area contributed by atoms with E-state index < -0.39 is 11.9 Å². The van der Waals surface area contributed by atoms with Gasteiger partial charge in [0.25, 0.3) is 0 Å². The van der Waals surface area contributed by atoms with Crippen LogP contribution in [0.4, 0.5) is 0 Å². The molecule has 1 aliphatic rings. The molecule has 0 saturated carbocycles. The Morgan fingerprint density at radius 2 is 1.70 bits per heavy atom. The molecule has 0 spiro atoms. The van der Waals surface area contributed by atoms with Crippen molar-refractivity contribution in [3.05, 3.63) is 23.0 Å². The predicted octanol–water partition coefficient (Wildman–Crippen LogP) is 1.22. The fourth-order valence-electron chi connectivity index (χ4n) is 2.24. The van der Waals surface area contributed by atoms with E-state index in [1.54, 1.807) is 19.9 Å². The third-order valence-electron chi connectivity index (χ3n) is 3.37. The van der Waals surface area contributed by atoms with E-state index in [9.17, 15) is 9.59 Å². The summed E-state index contributed by atoms with van der Waals surface area (Å²) in [6, 6.07) is 1.74. The molecule has 1 fully saturated rings. The van der Waals surface area contributed by atoms with Gasteiger partial charge in [-0.25, -0.2) is 9.59 Å². The third-order valence-corrected chi connectivity index (χ3v) is 3.37. The van der Waals surface area contributed by atoms with Gasteiger partial charge in [-0.3, -0.25) is 0 Å². The van der Waals surface area contributed by atoms with E-state index in [0.29, 0.717) is 0 Å². The van der Waals surface area contributed by atoms with Crippen LogP contribution in [0.3, 0.4) is 0 Å². The number of hydrogen-bond acceptors (Lipinski definition) is 7. The summed E-state index contributed by atoms with van der Waals surface area (Å²) >= 11 is 0. The number of nitrogens with two attached hydrogens (primary N) is 1. The molecule has 7 heteroatoms. The number of likely N-dealkylation sites (tertiary alicyclic amines) is 1. The van der Waals surface area contributed by atoms with Crippen LogP contribution in [0.2, 0.25) is 0 Å². The van der Waals surface area contributed by atoms with Crippen LogP contribution in [0.15, 0.2) is 23.0 Å². The lowest BCUT2D eigenvalue weighted by molar-refractivity contribution is -0.138. The van der Waals surface area contributed by atoms with E-state index in [0.717, 1.165) is 38.4 Å². The SMILES string of the molecule is CCOC(=O)C(/C=C(\C#N)C(=O)OCC)=C(/N)N1CCCCC1. The third kappa shape index (κ3) is 5.33. The number of ether oxygens (including phenoxy) is 2. The summed E-state index contributed by atoms with van der Waals surface area (Å²) in [6.07, 6.45) is 4.22. The molecule has 0 aromatic heterocycles. The van der Waals surface area contributed by atoms with Gasteiger partial charge < -0.3 is 20.1 Å². The summed E-state index contributed by atoms with van der Waals surface area (Å²) in [5.74, 6) is -1.23. The Morgan fingerprint density at radius 1 is 1.13 bits per heavy atom. The number of carbonyl (C=O) groups excluding carboxylic acids is 2. The van der Waals surface area contributed by atoms with Crippen molar-refractivity contribution in [2.45, 2.75) is 33.1 Å². The van der Waals surface area contributed by atoms with Crippen molar-refractivity contribution in [2.24, 2.45) is 5.73 Å². The topological polar surface area (TPSA) is 106 Å². The average molecular weight is 321 g/mol. The Balaban J connectivity index is 3.20. The highest BCUT2D eigenvalue weighted by Crippen LogP contribution is 2.17. The van der Waals surface area contributed by atoms with Gasteiger partial charge in [-0.1, -0.05) is 0 Å².